The molecule has 2 rings (SSSR count). The number of halogens is 1. The van der Waals surface area contributed by atoms with Crippen LogP contribution in [0.15, 0.2) is 12.1 Å². The molecule has 1 fully saturated rings. The minimum atomic E-state index is -1.20. The number of hydrogen-bond donors (Lipinski definition) is 1. The first-order valence-corrected chi connectivity index (χ1v) is 11.3. The van der Waals surface area contributed by atoms with E-state index in [0.717, 1.165) is 23.2 Å². The number of aryl methyl sites for hydroxylation is 2. The van der Waals surface area contributed by atoms with Crippen molar-refractivity contribution in [2.75, 3.05) is 23.8 Å². The maximum atomic E-state index is 13.5. The standard InChI is InChI=1S/C19H29FNOP.Y/c1-5-17(23(6-2)10-8-7-9-11-23)19(22)21-18-14(3)12-16(20)13-15(18)4;/h12-13,17H,5-11H2,1-4H3;/p+1. The molecule has 1 amide bonds. The van der Waals surface area contributed by atoms with Crippen LogP contribution < -0.4 is 5.32 Å². The third-order valence-electron chi connectivity index (χ3n) is 5.43. The van der Waals surface area contributed by atoms with E-state index in [2.05, 4.69) is 19.2 Å². The van der Waals surface area contributed by atoms with Crippen molar-refractivity contribution in [3.63, 3.8) is 0 Å². The SMILES string of the molecule is CCC(C(=O)Nc1c(C)cc(F)cc1C)[P+]1(CC)CCCCC1.[Y]. The number of hydrogen-bond acceptors (Lipinski definition) is 1. The largest absolute Gasteiger partial charge is 0.322 e. The van der Waals surface area contributed by atoms with Gasteiger partial charge >= 0.3 is 0 Å². The van der Waals surface area contributed by atoms with E-state index in [0.29, 0.717) is 0 Å². The fraction of sp³-hybridized carbons (Fsp3) is 0.632. The smallest absolute Gasteiger partial charge is 0.265 e. The number of carbonyl (C=O) groups is 1. The van der Waals surface area contributed by atoms with Gasteiger partial charge in [-0.3, -0.25) is 4.79 Å². The summed E-state index contributed by atoms with van der Waals surface area (Å²) in [6, 6.07) is 2.99. The van der Waals surface area contributed by atoms with Gasteiger partial charge in [0.2, 0.25) is 0 Å². The maximum absolute atomic E-state index is 13.5. The van der Waals surface area contributed by atoms with Crippen LogP contribution in [0.2, 0.25) is 0 Å². The molecule has 0 aromatic heterocycles. The minimum Gasteiger partial charge on any atom is -0.322 e. The second kappa shape index (κ2) is 9.74. The summed E-state index contributed by atoms with van der Waals surface area (Å²) in [5.74, 6) is -0.0859. The van der Waals surface area contributed by atoms with Crippen LogP contribution in [0.1, 0.15) is 50.7 Å². The van der Waals surface area contributed by atoms with E-state index in [1.807, 2.05) is 13.8 Å². The molecule has 1 atom stereocenters. The molecule has 0 spiro atoms. The summed E-state index contributed by atoms with van der Waals surface area (Å²) in [6.07, 6.45) is 8.47. The van der Waals surface area contributed by atoms with Crippen molar-refractivity contribution in [3.8, 4) is 0 Å². The van der Waals surface area contributed by atoms with Gasteiger partial charge in [-0.05, 0) is 69.7 Å². The van der Waals surface area contributed by atoms with Gasteiger partial charge in [-0.2, -0.15) is 0 Å². The van der Waals surface area contributed by atoms with Gasteiger partial charge in [0.15, 0.2) is 0 Å². The maximum Gasteiger partial charge on any atom is 0.265 e. The van der Waals surface area contributed by atoms with Gasteiger partial charge in [-0.1, -0.05) is 6.92 Å². The van der Waals surface area contributed by atoms with Crippen LogP contribution in [0.4, 0.5) is 10.1 Å². The molecular formula is C19H30FNOPY+. The van der Waals surface area contributed by atoms with Gasteiger partial charge in [-0.25, -0.2) is 4.39 Å². The van der Waals surface area contributed by atoms with Crippen LogP contribution >= 0.6 is 7.26 Å². The average molecular weight is 427 g/mol. The van der Waals surface area contributed by atoms with Gasteiger partial charge in [-0.15, -0.1) is 0 Å². The van der Waals surface area contributed by atoms with Gasteiger partial charge in [0.05, 0.1) is 18.5 Å². The molecule has 0 saturated carbocycles. The molecule has 1 aliphatic heterocycles. The summed E-state index contributed by atoms with van der Waals surface area (Å²) in [5.41, 5.74) is 2.55. The van der Waals surface area contributed by atoms with Crippen LogP contribution in [0.3, 0.4) is 0 Å². The number of rotatable bonds is 5. The third kappa shape index (κ3) is 4.86. The first kappa shape index (κ1) is 22.2. The second-order valence-electron chi connectivity index (χ2n) is 6.87. The number of benzene rings is 1. The molecular weight excluding hydrogens is 397 g/mol. The molecule has 1 aliphatic rings. The molecule has 1 unspecified atom stereocenters. The van der Waals surface area contributed by atoms with Gasteiger partial charge in [0.25, 0.3) is 5.91 Å². The molecule has 1 saturated heterocycles. The summed E-state index contributed by atoms with van der Waals surface area (Å²) in [4.78, 5) is 13.0. The van der Waals surface area contributed by atoms with Crippen LogP contribution in [-0.4, -0.2) is 30.1 Å². The fourth-order valence-corrected chi connectivity index (χ4v) is 9.09. The summed E-state index contributed by atoms with van der Waals surface area (Å²) in [5, 5.41) is 3.14. The van der Waals surface area contributed by atoms with Crippen LogP contribution in [0.25, 0.3) is 0 Å². The molecule has 0 aliphatic carbocycles. The zero-order valence-electron chi connectivity index (χ0n) is 15.5. The van der Waals surface area contributed by atoms with Crippen LogP contribution in [0, 0.1) is 19.7 Å². The third-order valence-corrected chi connectivity index (χ3v) is 11.0. The topological polar surface area (TPSA) is 29.1 Å². The van der Waals surface area contributed by atoms with Crippen molar-refractivity contribution in [1.82, 2.24) is 0 Å². The Bertz CT molecular complexity index is 549. The van der Waals surface area contributed by atoms with Crippen molar-refractivity contribution < 1.29 is 41.9 Å². The van der Waals surface area contributed by atoms with E-state index in [-0.39, 0.29) is 50.1 Å². The Hall–Kier alpha value is 0.154. The van der Waals surface area contributed by atoms with Crippen molar-refractivity contribution in [1.29, 1.82) is 0 Å². The van der Waals surface area contributed by atoms with E-state index >= 15 is 0 Å². The van der Waals surface area contributed by atoms with Crippen LogP contribution in [0.5, 0.6) is 0 Å². The van der Waals surface area contributed by atoms with Crippen molar-refractivity contribution in [3.05, 3.63) is 29.1 Å². The first-order chi connectivity index (χ1) is 10.9. The number of carbonyl (C=O) groups excluding carboxylic acids is 1. The van der Waals surface area contributed by atoms with Crippen LogP contribution in [-0.2, 0) is 37.5 Å². The Morgan fingerprint density at radius 3 is 2.17 bits per heavy atom. The fourth-order valence-electron chi connectivity index (χ4n) is 4.13. The quantitative estimate of drug-likeness (QED) is 0.629. The Labute approximate surface area is 172 Å². The molecule has 1 N–H and O–H groups in total. The molecule has 1 heterocycles. The Morgan fingerprint density at radius 1 is 1.17 bits per heavy atom. The number of anilines is 1. The minimum absolute atomic E-state index is 0. The van der Waals surface area contributed by atoms with Gasteiger partial charge in [0, 0.05) is 45.7 Å². The zero-order chi connectivity index (χ0) is 17.0. The predicted octanol–water partition coefficient (Wildman–Crippen LogP) is 5.38. The van der Waals surface area contributed by atoms with Crippen molar-refractivity contribution >= 4 is 18.9 Å². The summed E-state index contributed by atoms with van der Waals surface area (Å²) in [7, 11) is -1.20. The molecule has 0 bridgehead atoms. The Morgan fingerprint density at radius 2 is 1.71 bits per heavy atom. The first-order valence-electron chi connectivity index (χ1n) is 8.87. The van der Waals surface area contributed by atoms with E-state index < -0.39 is 7.26 Å². The molecule has 2 nitrogen and oxygen atoms in total. The van der Waals surface area contributed by atoms with Gasteiger partial charge < -0.3 is 5.32 Å². The van der Waals surface area contributed by atoms with E-state index in [1.54, 1.807) is 0 Å². The van der Waals surface area contributed by atoms with E-state index in [9.17, 15) is 9.18 Å². The van der Waals surface area contributed by atoms with Crippen molar-refractivity contribution in [2.45, 2.75) is 59.0 Å². The Balaban J connectivity index is 0.00000288. The van der Waals surface area contributed by atoms with Gasteiger partial charge in [0.1, 0.15) is 11.5 Å². The molecule has 1 aromatic rings. The summed E-state index contributed by atoms with van der Waals surface area (Å²) >= 11 is 0. The number of amides is 1. The Kier molecular flexibility index (Phi) is 9.01. The summed E-state index contributed by atoms with van der Waals surface area (Å²) < 4.78 is 13.5. The molecule has 24 heavy (non-hydrogen) atoms. The molecule has 1 radical (unpaired) electrons. The average Bonchev–Trinajstić information content (AvgIpc) is 2.52. The van der Waals surface area contributed by atoms with Crippen molar-refractivity contribution in [2.24, 2.45) is 0 Å². The second-order valence-corrected chi connectivity index (χ2v) is 11.5. The monoisotopic (exact) mass is 427 g/mol. The molecule has 5 heteroatoms. The van der Waals surface area contributed by atoms with E-state index in [1.165, 1.54) is 49.9 Å². The summed E-state index contributed by atoms with van der Waals surface area (Å²) in [6.45, 7) is 8.13. The molecule has 1 aromatic carbocycles. The normalized spacial score (nSPS) is 17.7. The van der Waals surface area contributed by atoms with E-state index in [4.69, 9.17) is 0 Å². The predicted molar refractivity (Wildman–Crippen MR) is 99.6 cm³/mol. The number of nitrogens with one attached hydrogen (secondary N) is 1. The molecule has 131 valence electrons. The zero-order valence-corrected chi connectivity index (χ0v) is 19.2.